The average molecular weight is 323 g/mol. The molecule has 0 aliphatic carbocycles. The number of benzene rings is 2. The molecule has 3 nitrogen and oxygen atoms in total. The number of aryl methyl sites for hydroxylation is 1. The summed E-state index contributed by atoms with van der Waals surface area (Å²) in [5.41, 5.74) is 2.67. The number of carbonyl (C=O) groups excluding carboxylic acids is 1. The molecule has 0 aliphatic rings. The molecule has 2 aromatic carbocycles. The molecule has 0 saturated heterocycles. The summed E-state index contributed by atoms with van der Waals surface area (Å²) < 4.78 is 0. The molecule has 2 aromatic rings. The van der Waals surface area contributed by atoms with Crippen LogP contribution in [-0.2, 0) is 4.79 Å². The van der Waals surface area contributed by atoms with Gasteiger partial charge in [-0.3, -0.25) is 4.79 Å². The van der Waals surface area contributed by atoms with Crippen LogP contribution >= 0.6 is 23.2 Å². The number of carbonyl (C=O) groups is 1. The van der Waals surface area contributed by atoms with Crippen molar-refractivity contribution < 1.29 is 4.79 Å². The maximum Gasteiger partial charge on any atom is 0.246 e. The van der Waals surface area contributed by atoms with Gasteiger partial charge in [0, 0.05) is 11.4 Å². The molecule has 21 heavy (non-hydrogen) atoms. The van der Waals surface area contributed by atoms with Crippen LogP contribution in [0.5, 0.6) is 0 Å². The zero-order chi connectivity index (χ0) is 15.4. The van der Waals surface area contributed by atoms with Gasteiger partial charge in [-0.05, 0) is 44.2 Å². The Morgan fingerprint density at radius 2 is 1.62 bits per heavy atom. The fourth-order valence-corrected chi connectivity index (χ4v) is 2.09. The molecule has 0 heterocycles. The van der Waals surface area contributed by atoms with Crippen molar-refractivity contribution in [2.75, 3.05) is 10.6 Å². The highest BCUT2D eigenvalue weighted by Gasteiger charge is 2.13. The number of halogens is 2. The van der Waals surface area contributed by atoms with Gasteiger partial charge < -0.3 is 10.6 Å². The van der Waals surface area contributed by atoms with Crippen LogP contribution in [0, 0.1) is 6.92 Å². The highest BCUT2D eigenvalue weighted by molar-refractivity contribution is 6.42. The quantitative estimate of drug-likeness (QED) is 0.853. The number of nitrogens with one attached hydrogen (secondary N) is 2. The lowest BCUT2D eigenvalue weighted by Crippen LogP contribution is -2.31. The minimum Gasteiger partial charge on any atom is -0.374 e. The predicted molar refractivity (Wildman–Crippen MR) is 89.4 cm³/mol. The summed E-state index contributed by atoms with van der Waals surface area (Å²) in [6.07, 6.45) is 0. The first-order valence-corrected chi connectivity index (χ1v) is 7.30. The Kier molecular flexibility index (Phi) is 5.10. The largest absolute Gasteiger partial charge is 0.374 e. The highest BCUT2D eigenvalue weighted by Crippen LogP contribution is 2.25. The predicted octanol–water partition coefficient (Wildman–Crippen LogP) is 4.74. The van der Waals surface area contributed by atoms with E-state index in [0.717, 1.165) is 16.9 Å². The van der Waals surface area contributed by atoms with Gasteiger partial charge in [0.05, 0.1) is 10.0 Å². The van der Waals surface area contributed by atoms with Gasteiger partial charge in [-0.2, -0.15) is 0 Å². The van der Waals surface area contributed by atoms with Gasteiger partial charge in [0.15, 0.2) is 0 Å². The van der Waals surface area contributed by atoms with Gasteiger partial charge >= 0.3 is 0 Å². The first kappa shape index (κ1) is 15.7. The number of hydrogen-bond acceptors (Lipinski definition) is 2. The molecule has 0 radical (unpaired) electrons. The van der Waals surface area contributed by atoms with E-state index in [0.29, 0.717) is 10.0 Å². The normalized spacial score (nSPS) is 11.8. The van der Waals surface area contributed by atoms with Crippen LogP contribution in [0.4, 0.5) is 11.4 Å². The summed E-state index contributed by atoms with van der Waals surface area (Å²) in [5.74, 6) is -0.120. The highest BCUT2D eigenvalue weighted by atomic mass is 35.5. The van der Waals surface area contributed by atoms with E-state index in [1.807, 2.05) is 31.2 Å². The summed E-state index contributed by atoms with van der Waals surface area (Å²) in [5, 5.41) is 6.88. The van der Waals surface area contributed by atoms with E-state index < -0.39 is 6.04 Å². The van der Waals surface area contributed by atoms with E-state index in [2.05, 4.69) is 10.6 Å². The zero-order valence-corrected chi connectivity index (χ0v) is 13.3. The Morgan fingerprint density at radius 3 is 2.24 bits per heavy atom. The van der Waals surface area contributed by atoms with Gasteiger partial charge in [-0.25, -0.2) is 0 Å². The second-order valence-electron chi connectivity index (χ2n) is 4.85. The number of amides is 1. The van der Waals surface area contributed by atoms with Crippen LogP contribution in [0.3, 0.4) is 0 Å². The molecule has 1 atom stereocenters. The van der Waals surface area contributed by atoms with Gasteiger partial charge in [0.1, 0.15) is 6.04 Å². The number of rotatable bonds is 4. The van der Waals surface area contributed by atoms with E-state index >= 15 is 0 Å². The van der Waals surface area contributed by atoms with Crippen LogP contribution in [0.2, 0.25) is 10.0 Å². The monoisotopic (exact) mass is 322 g/mol. The lowest BCUT2D eigenvalue weighted by Gasteiger charge is -2.15. The third-order valence-electron chi connectivity index (χ3n) is 3.02. The average Bonchev–Trinajstić information content (AvgIpc) is 2.45. The maximum absolute atomic E-state index is 12.1. The minimum absolute atomic E-state index is 0.120. The van der Waals surface area contributed by atoms with E-state index in [9.17, 15) is 4.79 Å². The lowest BCUT2D eigenvalue weighted by molar-refractivity contribution is -0.116. The van der Waals surface area contributed by atoms with E-state index in [-0.39, 0.29) is 5.91 Å². The fourth-order valence-electron chi connectivity index (χ4n) is 1.79. The summed E-state index contributed by atoms with van der Waals surface area (Å²) in [4.78, 5) is 12.1. The summed E-state index contributed by atoms with van der Waals surface area (Å²) in [6, 6.07) is 12.4. The molecule has 0 bridgehead atoms. The van der Waals surface area contributed by atoms with Crippen molar-refractivity contribution >= 4 is 40.5 Å². The SMILES string of the molecule is Cc1ccc(NC(=O)C(C)Nc2ccc(Cl)c(Cl)c2)cc1. The maximum atomic E-state index is 12.1. The van der Waals surface area contributed by atoms with Crippen molar-refractivity contribution in [3.8, 4) is 0 Å². The zero-order valence-electron chi connectivity index (χ0n) is 11.8. The van der Waals surface area contributed by atoms with Gasteiger partial charge in [-0.1, -0.05) is 40.9 Å². The second-order valence-corrected chi connectivity index (χ2v) is 5.66. The Morgan fingerprint density at radius 1 is 1.00 bits per heavy atom. The molecule has 0 fully saturated rings. The van der Waals surface area contributed by atoms with Crippen molar-refractivity contribution in [1.29, 1.82) is 0 Å². The fraction of sp³-hybridized carbons (Fsp3) is 0.188. The molecule has 5 heteroatoms. The van der Waals surface area contributed by atoms with Crippen molar-refractivity contribution in [3.63, 3.8) is 0 Å². The molecule has 110 valence electrons. The third-order valence-corrected chi connectivity index (χ3v) is 3.75. The first-order chi connectivity index (χ1) is 9.95. The van der Waals surface area contributed by atoms with E-state index in [1.54, 1.807) is 25.1 Å². The van der Waals surface area contributed by atoms with Gasteiger partial charge in [0.25, 0.3) is 0 Å². The van der Waals surface area contributed by atoms with Gasteiger partial charge in [-0.15, -0.1) is 0 Å². The van der Waals surface area contributed by atoms with Crippen LogP contribution in [-0.4, -0.2) is 11.9 Å². The van der Waals surface area contributed by atoms with Crippen molar-refractivity contribution in [1.82, 2.24) is 0 Å². The molecular formula is C16H16Cl2N2O. The second kappa shape index (κ2) is 6.83. The smallest absolute Gasteiger partial charge is 0.246 e. The molecule has 0 aliphatic heterocycles. The molecule has 2 N–H and O–H groups in total. The van der Waals surface area contributed by atoms with Crippen LogP contribution in [0.15, 0.2) is 42.5 Å². The molecule has 0 spiro atoms. The standard InChI is InChI=1S/C16H16Cl2N2O/c1-10-3-5-12(6-4-10)20-16(21)11(2)19-13-7-8-14(17)15(18)9-13/h3-9,11,19H,1-2H3,(H,20,21). The molecule has 0 aromatic heterocycles. The van der Waals surface area contributed by atoms with Crippen LogP contribution in [0.1, 0.15) is 12.5 Å². The summed E-state index contributed by atoms with van der Waals surface area (Å²) >= 11 is 11.8. The van der Waals surface area contributed by atoms with Crippen molar-refractivity contribution in [3.05, 3.63) is 58.1 Å². The molecule has 2 rings (SSSR count). The van der Waals surface area contributed by atoms with E-state index in [1.165, 1.54) is 0 Å². The number of anilines is 2. The Balaban J connectivity index is 1.98. The first-order valence-electron chi connectivity index (χ1n) is 6.55. The Hall–Kier alpha value is -1.71. The van der Waals surface area contributed by atoms with Crippen LogP contribution < -0.4 is 10.6 Å². The van der Waals surface area contributed by atoms with E-state index in [4.69, 9.17) is 23.2 Å². The summed E-state index contributed by atoms with van der Waals surface area (Å²) in [6.45, 7) is 3.78. The topological polar surface area (TPSA) is 41.1 Å². The van der Waals surface area contributed by atoms with Crippen molar-refractivity contribution in [2.24, 2.45) is 0 Å². The number of hydrogen-bond donors (Lipinski definition) is 2. The molecule has 1 amide bonds. The Bertz CT molecular complexity index is 641. The Labute approximate surface area is 134 Å². The summed E-state index contributed by atoms with van der Waals surface area (Å²) in [7, 11) is 0. The van der Waals surface area contributed by atoms with Crippen molar-refractivity contribution in [2.45, 2.75) is 19.9 Å². The molecule has 1 unspecified atom stereocenters. The lowest BCUT2D eigenvalue weighted by atomic mass is 10.2. The van der Waals surface area contributed by atoms with Crippen LogP contribution in [0.25, 0.3) is 0 Å². The third kappa shape index (κ3) is 4.38. The molecular weight excluding hydrogens is 307 g/mol. The minimum atomic E-state index is -0.399. The van der Waals surface area contributed by atoms with Gasteiger partial charge in [0.2, 0.25) is 5.91 Å². The molecule has 0 saturated carbocycles.